The molecule has 2 aromatic carbocycles. The number of anilines is 1. The fourth-order valence-electron chi connectivity index (χ4n) is 8.19. The van der Waals surface area contributed by atoms with Crippen molar-refractivity contribution < 1.29 is 23.9 Å². The van der Waals surface area contributed by atoms with Gasteiger partial charge in [-0.15, -0.1) is 0 Å². The van der Waals surface area contributed by atoms with Gasteiger partial charge in [0.15, 0.2) is 0 Å². The van der Waals surface area contributed by atoms with E-state index in [4.69, 9.17) is 23.2 Å². The molecule has 2 heterocycles. The predicted molar refractivity (Wildman–Crippen MR) is 155 cm³/mol. The highest BCUT2D eigenvalue weighted by Gasteiger charge is 2.72. The first-order chi connectivity index (χ1) is 19.7. The highest BCUT2D eigenvalue weighted by Crippen LogP contribution is 2.62. The minimum atomic E-state index is -1.26. The molecule has 218 valence electrons. The number of benzene rings is 2. The van der Waals surface area contributed by atoms with Gasteiger partial charge in [-0.2, -0.15) is 0 Å². The molecule has 2 amide bonds. The maximum Gasteiger partial charge on any atom is 0.306 e. The fourth-order valence-corrected chi connectivity index (χ4v) is 8.54. The van der Waals surface area contributed by atoms with E-state index >= 15 is 4.39 Å². The van der Waals surface area contributed by atoms with Crippen molar-refractivity contribution in [2.75, 3.05) is 11.9 Å². The van der Waals surface area contributed by atoms with Crippen molar-refractivity contribution in [2.24, 2.45) is 11.8 Å². The number of fused-ring (bicyclic) bond motifs is 3. The SMILES string of the molecule is O=C(NC[C@H]1CC[C@H](C(=O)O)CC1)[C@@H]1NC2(CCCCC2)[C@@]2(C(=O)Nc3cc(Cl)ccc32)[C@H]1c1cccc(Cl)c1F. The molecule has 0 aromatic heterocycles. The standard InChI is InChI=1S/C31H34Cl2FN3O4/c32-19-11-12-21-23(15-19)36-29(41)31(21)24(20-5-4-6-22(33)25(20)34)26(37-30(31)13-2-1-3-14-30)27(38)35-16-17-7-9-18(10-8-17)28(39)40/h4-6,11-12,15,17-18,24,26,37H,1-3,7-10,13-14,16H2,(H,35,38)(H,36,41)(H,39,40)/t17-,18-,24-,26+,31+/m0/s1. The van der Waals surface area contributed by atoms with Gasteiger partial charge in [0.2, 0.25) is 11.8 Å². The summed E-state index contributed by atoms with van der Waals surface area (Å²) in [5.74, 6) is -3.02. The van der Waals surface area contributed by atoms with E-state index in [9.17, 15) is 19.5 Å². The van der Waals surface area contributed by atoms with Crippen molar-refractivity contribution in [1.82, 2.24) is 10.6 Å². The van der Waals surface area contributed by atoms with Gasteiger partial charge < -0.3 is 15.7 Å². The lowest BCUT2D eigenvalue weighted by Gasteiger charge is -2.47. The van der Waals surface area contributed by atoms with E-state index in [0.717, 1.165) is 19.3 Å². The fraction of sp³-hybridized carbons (Fsp3) is 0.516. The van der Waals surface area contributed by atoms with Crippen LogP contribution in [0.25, 0.3) is 0 Å². The molecular weight excluding hydrogens is 568 g/mol. The van der Waals surface area contributed by atoms with Gasteiger partial charge in [0.1, 0.15) is 11.2 Å². The van der Waals surface area contributed by atoms with Crippen LogP contribution in [-0.2, 0) is 19.8 Å². The molecule has 2 aliphatic carbocycles. The second-order valence-corrected chi connectivity index (χ2v) is 13.0. The summed E-state index contributed by atoms with van der Waals surface area (Å²) in [6, 6.07) is 9.15. The van der Waals surface area contributed by atoms with Crippen LogP contribution in [0.1, 0.15) is 74.8 Å². The summed E-state index contributed by atoms with van der Waals surface area (Å²) in [5, 5.41) is 19.5. The first-order valence-electron chi connectivity index (χ1n) is 14.5. The number of aliphatic carboxylic acids is 1. The third-order valence-corrected chi connectivity index (χ3v) is 10.6. The summed E-state index contributed by atoms with van der Waals surface area (Å²) in [6.07, 6.45) is 6.67. The minimum Gasteiger partial charge on any atom is -0.481 e. The zero-order chi connectivity index (χ0) is 28.9. The summed E-state index contributed by atoms with van der Waals surface area (Å²) in [4.78, 5) is 39.8. The monoisotopic (exact) mass is 601 g/mol. The molecule has 10 heteroatoms. The molecule has 2 spiro atoms. The Hall–Kier alpha value is -2.68. The van der Waals surface area contributed by atoms with Crippen LogP contribution in [0, 0.1) is 17.7 Å². The van der Waals surface area contributed by atoms with Gasteiger partial charge in [0, 0.05) is 28.7 Å². The van der Waals surface area contributed by atoms with Crippen LogP contribution >= 0.6 is 23.2 Å². The molecule has 4 aliphatic rings. The first kappa shape index (κ1) is 28.4. The number of hydrogen-bond acceptors (Lipinski definition) is 4. The van der Waals surface area contributed by atoms with Gasteiger partial charge in [-0.05, 0) is 73.8 Å². The van der Waals surface area contributed by atoms with E-state index in [1.807, 2.05) is 6.07 Å². The van der Waals surface area contributed by atoms with E-state index in [-0.39, 0.29) is 34.2 Å². The molecule has 3 atom stereocenters. The minimum absolute atomic E-state index is 0.0636. The quantitative estimate of drug-likeness (QED) is 0.347. The van der Waals surface area contributed by atoms with Gasteiger partial charge in [0.25, 0.3) is 0 Å². The van der Waals surface area contributed by atoms with Gasteiger partial charge >= 0.3 is 5.97 Å². The van der Waals surface area contributed by atoms with E-state index in [0.29, 0.717) is 61.3 Å². The molecule has 41 heavy (non-hydrogen) atoms. The van der Waals surface area contributed by atoms with Gasteiger partial charge in [-0.1, -0.05) is 60.7 Å². The zero-order valence-corrected chi connectivity index (χ0v) is 24.2. The van der Waals surface area contributed by atoms with Crippen molar-refractivity contribution in [1.29, 1.82) is 0 Å². The predicted octanol–water partition coefficient (Wildman–Crippen LogP) is 5.79. The van der Waals surface area contributed by atoms with Crippen LogP contribution in [0.5, 0.6) is 0 Å². The Morgan fingerprint density at radius 1 is 1.05 bits per heavy atom. The lowest BCUT2D eigenvalue weighted by atomic mass is 9.55. The topological polar surface area (TPSA) is 108 Å². The molecule has 1 saturated heterocycles. The molecule has 2 saturated carbocycles. The summed E-state index contributed by atoms with van der Waals surface area (Å²) < 4.78 is 15.9. The van der Waals surface area contributed by atoms with Gasteiger partial charge in [-0.25, -0.2) is 4.39 Å². The van der Waals surface area contributed by atoms with Crippen molar-refractivity contribution in [3.63, 3.8) is 0 Å². The molecule has 0 radical (unpaired) electrons. The molecule has 2 aromatic rings. The summed E-state index contributed by atoms with van der Waals surface area (Å²) in [6.45, 7) is 0.395. The van der Waals surface area contributed by atoms with E-state index in [1.54, 1.807) is 24.3 Å². The Bertz CT molecular complexity index is 1390. The molecule has 0 bridgehead atoms. The lowest BCUT2D eigenvalue weighted by molar-refractivity contribution is -0.143. The molecular formula is C31H34Cl2FN3O4. The summed E-state index contributed by atoms with van der Waals surface area (Å²) in [5.41, 5.74) is -0.520. The number of amides is 2. The second-order valence-electron chi connectivity index (χ2n) is 12.1. The number of halogens is 3. The van der Waals surface area contributed by atoms with Crippen LogP contribution in [0.4, 0.5) is 10.1 Å². The molecule has 7 nitrogen and oxygen atoms in total. The number of hydrogen-bond donors (Lipinski definition) is 4. The Morgan fingerprint density at radius 2 is 1.78 bits per heavy atom. The number of carbonyl (C=O) groups is 3. The van der Waals surface area contributed by atoms with Gasteiger partial charge in [-0.3, -0.25) is 19.7 Å². The molecule has 6 rings (SSSR count). The number of nitrogens with one attached hydrogen (secondary N) is 3. The van der Waals surface area contributed by atoms with Crippen molar-refractivity contribution >= 4 is 46.7 Å². The molecule has 0 unspecified atom stereocenters. The normalized spacial score (nSPS) is 30.3. The molecule has 2 aliphatic heterocycles. The van der Waals surface area contributed by atoms with E-state index in [2.05, 4.69) is 16.0 Å². The number of rotatable bonds is 5. The van der Waals surface area contributed by atoms with E-state index in [1.165, 1.54) is 6.07 Å². The van der Waals surface area contributed by atoms with Crippen LogP contribution in [0.15, 0.2) is 36.4 Å². The van der Waals surface area contributed by atoms with Crippen molar-refractivity contribution in [2.45, 2.75) is 80.7 Å². The largest absolute Gasteiger partial charge is 0.481 e. The maximum atomic E-state index is 15.9. The number of carboxylic acids is 1. The van der Waals surface area contributed by atoms with Crippen molar-refractivity contribution in [3.05, 3.63) is 63.4 Å². The Labute approximate surface area is 248 Å². The summed E-state index contributed by atoms with van der Waals surface area (Å²) in [7, 11) is 0. The number of carbonyl (C=O) groups excluding carboxylic acids is 2. The highest BCUT2D eigenvalue weighted by molar-refractivity contribution is 6.31. The van der Waals surface area contributed by atoms with Crippen LogP contribution < -0.4 is 16.0 Å². The average molecular weight is 603 g/mol. The lowest BCUT2D eigenvalue weighted by Crippen LogP contribution is -2.60. The zero-order valence-electron chi connectivity index (χ0n) is 22.7. The maximum absolute atomic E-state index is 15.9. The number of carboxylic acid groups (broad SMARTS) is 1. The van der Waals surface area contributed by atoms with Crippen LogP contribution in [-0.4, -0.2) is 41.0 Å². The third-order valence-electron chi connectivity index (χ3n) is 10.1. The van der Waals surface area contributed by atoms with Crippen LogP contribution in [0.3, 0.4) is 0 Å². The van der Waals surface area contributed by atoms with Gasteiger partial charge in [0.05, 0.1) is 17.0 Å². The van der Waals surface area contributed by atoms with Crippen LogP contribution in [0.2, 0.25) is 10.0 Å². The average Bonchev–Trinajstić information content (AvgIpc) is 3.41. The Morgan fingerprint density at radius 3 is 2.49 bits per heavy atom. The second kappa shape index (κ2) is 10.9. The van der Waals surface area contributed by atoms with E-state index < -0.39 is 34.7 Å². The Balaban J connectivity index is 1.42. The molecule has 3 fully saturated rings. The highest BCUT2D eigenvalue weighted by atomic mass is 35.5. The first-order valence-corrected chi connectivity index (χ1v) is 15.3. The third kappa shape index (κ3) is 4.54. The smallest absolute Gasteiger partial charge is 0.306 e. The van der Waals surface area contributed by atoms with Crippen molar-refractivity contribution in [3.8, 4) is 0 Å². The summed E-state index contributed by atoms with van der Waals surface area (Å²) >= 11 is 12.6. The Kier molecular flexibility index (Phi) is 7.54. The molecule has 4 N–H and O–H groups in total.